The van der Waals surface area contributed by atoms with Gasteiger partial charge in [0.05, 0.1) is 15.6 Å². The molecular weight excluding hydrogens is 625 g/mol. The smallest absolute Gasteiger partial charge is 0.137 e. The Bertz CT molecular complexity index is 2790. The van der Waals surface area contributed by atoms with E-state index in [0.29, 0.717) is 0 Å². The van der Waals surface area contributed by atoms with E-state index >= 15 is 0 Å². The first kappa shape index (κ1) is 27.4. The highest BCUT2D eigenvalue weighted by Crippen LogP contribution is 2.44. The van der Waals surface area contributed by atoms with E-state index in [1.807, 2.05) is 17.4 Å². The van der Waals surface area contributed by atoms with Crippen molar-refractivity contribution in [2.75, 3.05) is 4.90 Å². The maximum absolute atomic E-state index is 6.58. The zero-order valence-electron chi connectivity index (χ0n) is 25.6. The summed E-state index contributed by atoms with van der Waals surface area (Å²) in [5, 5.41) is 5.74. The molecule has 0 aliphatic rings. The summed E-state index contributed by atoms with van der Waals surface area (Å²) in [4.78, 5) is 7.46. The fourth-order valence-electron chi connectivity index (χ4n) is 6.84. The van der Waals surface area contributed by atoms with Crippen LogP contribution in [0.5, 0.6) is 0 Å². The number of hydrogen-bond donors (Lipinski definition) is 0. The van der Waals surface area contributed by atoms with Gasteiger partial charge in [0.15, 0.2) is 0 Å². The topological polar surface area (TPSA) is 29.3 Å². The first-order valence-corrected chi connectivity index (χ1v) is 17.6. The summed E-state index contributed by atoms with van der Waals surface area (Å²) in [5.74, 6) is 0. The largest absolute Gasteiger partial charge is 0.456 e. The number of anilines is 3. The van der Waals surface area contributed by atoms with Crippen molar-refractivity contribution in [3.63, 3.8) is 0 Å². The van der Waals surface area contributed by atoms with Gasteiger partial charge < -0.3 is 9.32 Å². The summed E-state index contributed by atoms with van der Waals surface area (Å²) in [6, 6.07) is 56.0. The van der Waals surface area contributed by atoms with Crippen LogP contribution in [0.15, 0.2) is 162 Å². The van der Waals surface area contributed by atoms with Crippen LogP contribution in [0.1, 0.15) is 0 Å². The van der Waals surface area contributed by atoms with Gasteiger partial charge in [-0.1, -0.05) is 97.1 Å². The van der Waals surface area contributed by atoms with E-state index in [2.05, 4.69) is 157 Å². The van der Waals surface area contributed by atoms with Gasteiger partial charge in [-0.2, -0.15) is 0 Å². The molecule has 0 aliphatic heterocycles. The predicted molar refractivity (Wildman–Crippen MR) is 205 cm³/mol. The van der Waals surface area contributed by atoms with Crippen LogP contribution in [0.4, 0.5) is 17.1 Å². The first-order valence-electron chi connectivity index (χ1n) is 15.9. The minimum absolute atomic E-state index is 0.844. The second kappa shape index (κ2) is 10.9. The van der Waals surface area contributed by atoms with Gasteiger partial charge in [0.2, 0.25) is 0 Å². The van der Waals surface area contributed by atoms with Gasteiger partial charge in [0, 0.05) is 54.3 Å². The number of furan rings is 1. The summed E-state index contributed by atoms with van der Waals surface area (Å²) < 4.78 is 10.3. The van der Waals surface area contributed by atoms with E-state index in [9.17, 15) is 0 Å². The lowest BCUT2D eigenvalue weighted by atomic mass is 10.0. The molecule has 10 aromatic rings. The number of fused-ring (bicyclic) bond motifs is 8. The van der Waals surface area contributed by atoms with Gasteiger partial charge in [-0.15, -0.1) is 22.7 Å². The lowest BCUT2D eigenvalue weighted by Crippen LogP contribution is -2.09. The van der Waals surface area contributed by atoms with Crippen molar-refractivity contribution in [2.24, 2.45) is 0 Å². The van der Waals surface area contributed by atoms with Gasteiger partial charge in [-0.25, -0.2) is 4.98 Å². The normalized spacial score (nSPS) is 11.8. The quantitative estimate of drug-likeness (QED) is 0.186. The molecule has 0 amide bonds. The molecule has 226 valence electrons. The van der Waals surface area contributed by atoms with Crippen LogP contribution in [0.3, 0.4) is 0 Å². The minimum atomic E-state index is 0.844. The second-order valence-corrected chi connectivity index (χ2v) is 14.1. The molecule has 0 spiro atoms. The molecule has 5 heteroatoms. The predicted octanol–water partition coefficient (Wildman–Crippen LogP) is 13.4. The molecule has 0 saturated carbocycles. The molecule has 3 heterocycles. The Morgan fingerprint density at radius 1 is 0.438 bits per heavy atom. The maximum Gasteiger partial charge on any atom is 0.137 e. The highest BCUT2D eigenvalue weighted by molar-refractivity contribution is 7.25. The zero-order chi connectivity index (χ0) is 31.6. The summed E-state index contributed by atoms with van der Waals surface area (Å²) in [5.41, 5.74) is 9.40. The molecule has 0 N–H and O–H groups in total. The third-order valence-corrected chi connectivity index (χ3v) is 11.3. The zero-order valence-corrected chi connectivity index (χ0v) is 27.3. The average molecular weight is 651 g/mol. The van der Waals surface area contributed by atoms with Crippen molar-refractivity contribution in [2.45, 2.75) is 0 Å². The van der Waals surface area contributed by atoms with Gasteiger partial charge in [0.1, 0.15) is 16.2 Å². The van der Waals surface area contributed by atoms with Crippen molar-refractivity contribution in [1.29, 1.82) is 0 Å². The number of thiophene rings is 1. The highest BCUT2D eigenvalue weighted by Gasteiger charge is 2.20. The molecular formula is C43H26N2OS2. The Labute approximate surface area is 284 Å². The minimum Gasteiger partial charge on any atom is -0.456 e. The molecule has 0 fully saturated rings. The monoisotopic (exact) mass is 650 g/mol. The lowest BCUT2D eigenvalue weighted by Gasteiger charge is -2.26. The Morgan fingerprint density at radius 2 is 1.12 bits per heavy atom. The van der Waals surface area contributed by atoms with Crippen molar-refractivity contribution in [3.8, 4) is 21.7 Å². The van der Waals surface area contributed by atoms with Crippen LogP contribution in [-0.4, -0.2) is 4.98 Å². The third kappa shape index (κ3) is 4.43. The average Bonchev–Trinajstić information content (AvgIpc) is 3.85. The van der Waals surface area contributed by atoms with Crippen molar-refractivity contribution in [3.05, 3.63) is 158 Å². The van der Waals surface area contributed by atoms with Crippen LogP contribution in [0, 0.1) is 0 Å². The fraction of sp³-hybridized carbons (Fsp3) is 0. The maximum atomic E-state index is 6.58. The van der Waals surface area contributed by atoms with E-state index in [1.165, 1.54) is 31.3 Å². The Balaban J connectivity index is 1.16. The Hall–Kier alpha value is -5.75. The summed E-state index contributed by atoms with van der Waals surface area (Å²) in [6.45, 7) is 0. The number of nitrogens with zero attached hydrogens (tertiary/aromatic N) is 2. The molecule has 7 aromatic carbocycles. The number of rotatable bonds is 5. The molecule has 0 aliphatic carbocycles. The van der Waals surface area contributed by atoms with E-state index in [1.54, 1.807) is 11.3 Å². The SMILES string of the molecule is c1ccc(-c2cccc(N(c3ccc4c(c3)oc3ccc5sc(-c6ccccc6)nc5c34)c3ccc4c(c3)sc3ccccc34)c2)cc1. The third-order valence-electron chi connectivity index (χ3n) is 9.09. The standard InChI is InChI=1S/C43H26N2OS2/c1-3-10-27(11-4-1)29-14-9-15-30(24-29)45(32-18-20-34-33-16-7-8-17-38(33)47-40(34)26-32)31-19-21-35-37(25-31)46-36-22-23-39-42(41(35)36)44-43(48-39)28-12-5-2-6-13-28/h1-26H. The molecule has 0 unspecified atom stereocenters. The molecule has 48 heavy (non-hydrogen) atoms. The lowest BCUT2D eigenvalue weighted by molar-refractivity contribution is 0.669. The molecule has 3 nitrogen and oxygen atoms in total. The molecule has 0 bridgehead atoms. The van der Waals surface area contributed by atoms with Crippen molar-refractivity contribution in [1.82, 2.24) is 4.98 Å². The van der Waals surface area contributed by atoms with E-state index in [4.69, 9.17) is 9.40 Å². The van der Waals surface area contributed by atoms with E-state index < -0.39 is 0 Å². The number of benzene rings is 7. The summed E-state index contributed by atoms with van der Waals surface area (Å²) >= 11 is 3.56. The van der Waals surface area contributed by atoms with Crippen molar-refractivity contribution < 1.29 is 4.42 Å². The van der Waals surface area contributed by atoms with Gasteiger partial charge in [-0.3, -0.25) is 0 Å². The molecule has 0 atom stereocenters. The second-order valence-electron chi connectivity index (χ2n) is 12.0. The Kier molecular flexibility index (Phi) is 6.22. The van der Waals surface area contributed by atoms with Crippen molar-refractivity contribution >= 4 is 92.1 Å². The first-order chi connectivity index (χ1) is 23.8. The van der Waals surface area contributed by atoms with Gasteiger partial charge in [0.25, 0.3) is 0 Å². The highest BCUT2D eigenvalue weighted by atomic mass is 32.1. The van der Waals surface area contributed by atoms with Crippen LogP contribution in [0.2, 0.25) is 0 Å². The summed E-state index contributed by atoms with van der Waals surface area (Å²) in [6.07, 6.45) is 0. The molecule has 0 radical (unpaired) electrons. The van der Waals surface area contributed by atoms with Crippen LogP contribution < -0.4 is 4.90 Å². The van der Waals surface area contributed by atoms with E-state index in [0.717, 1.165) is 59.8 Å². The molecule has 3 aromatic heterocycles. The summed E-state index contributed by atoms with van der Waals surface area (Å²) in [7, 11) is 0. The van der Waals surface area contributed by atoms with Gasteiger partial charge in [-0.05, 0) is 65.7 Å². The molecule has 10 rings (SSSR count). The van der Waals surface area contributed by atoms with Gasteiger partial charge >= 0.3 is 0 Å². The van der Waals surface area contributed by atoms with Crippen LogP contribution in [-0.2, 0) is 0 Å². The number of aromatic nitrogens is 1. The van der Waals surface area contributed by atoms with Crippen LogP contribution in [0.25, 0.3) is 74.0 Å². The Morgan fingerprint density at radius 3 is 1.98 bits per heavy atom. The van der Waals surface area contributed by atoms with Crippen LogP contribution >= 0.6 is 22.7 Å². The molecule has 0 saturated heterocycles. The number of thiazole rings is 1. The van der Waals surface area contributed by atoms with E-state index in [-0.39, 0.29) is 0 Å². The fourth-order valence-corrected chi connectivity index (χ4v) is 8.96. The number of hydrogen-bond acceptors (Lipinski definition) is 5.